The molecule has 3 saturated heterocycles. The number of nitrogens with one attached hydrogen (secondary N) is 1. The lowest BCUT2D eigenvalue weighted by atomic mass is 9.90. The number of benzene rings is 2. The predicted molar refractivity (Wildman–Crippen MR) is 178 cm³/mol. The lowest BCUT2D eigenvalue weighted by Crippen LogP contribution is -2.56. The molecule has 1 N–H and O–H groups in total. The minimum atomic E-state index is -0.897. The fourth-order valence-corrected chi connectivity index (χ4v) is 8.65. The highest BCUT2D eigenvalue weighted by Crippen LogP contribution is 2.45. The SMILES string of the molecule is C#Cc1c(F)ccc2cccc(-c3nc4c5c(nc(OC[C@@]67CCCN6C[C@H](F)C7)nc5c3F)N3C[C@@H](CC)NC[C@H]3C[C@H]4CC)c12. The molecule has 0 aliphatic carbocycles. The first-order valence-electron chi connectivity index (χ1n) is 16.9. The molecule has 0 amide bonds. The molecule has 8 rings (SSSR count). The van der Waals surface area contributed by atoms with Crippen LogP contribution in [0.5, 0.6) is 6.01 Å². The first kappa shape index (κ1) is 30.4. The topological polar surface area (TPSA) is 66.4 Å². The summed E-state index contributed by atoms with van der Waals surface area (Å²) in [4.78, 5) is 19.3. The number of piperazine rings is 1. The molecule has 0 unspecified atom stereocenters. The number of fused-ring (bicyclic) bond motifs is 4. The Morgan fingerprint density at radius 3 is 2.77 bits per heavy atom. The molecule has 47 heavy (non-hydrogen) atoms. The standard InChI is InChI=1S/C37H39F3N6O/c1-4-21-15-25-17-41-24(5-2)19-46(25)35-30-32(21)42-33(27-10-7-9-22-11-12-28(39)26(6-3)29(22)27)31(40)34(30)43-36(44-35)47-20-37-13-8-14-45(37)18-23(38)16-37/h3,7,9-12,21,23-25,41H,4-5,8,13-20H2,1-2H3/t21-,23-,24-,25-,37+/m1/s1. The van der Waals surface area contributed by atoms with Crippen molar-refractivity contribution < 1.29 is 17.9 Å². The van der Waals surface area contributed by atoms with Gasteiger partial charge in [0.2, 0.25) is 0 Å². The quantitative estimate of drug-likeness (QED) is 0.241. The lowest BCUT2D eigenvalue weighted by molar-refractivity contribution is 0.107. The number of terminal acetylenes is 1. The van der Waals surface area contributed by atoms with Crippen LogP contribution >= 0.6 is 0 Å². The van der Waals surface area contributed by atoms with Gasteiger partial charge in [-0.1, -0.05) is 44.0 Å². The summed E-state index contributed by atoms with van der Waals surface area (Å²) in [7, 11) is 0. The summed E-state index contributed by atoms with van der Waals surface area (Å²) in [5.74, 6) is 1.95. The van der Waals surface area contributed by atoms with E-state index >= 15 is 8.78 Å². The average molecular weight is 641 g/mol. The second-order valence-electron chi connectivity index (χ2n) is 13.7. The van der Waals surface area contributed by atoms with E-state index in [-0.39, 0.29) is 47.4 Å². The molecule has 4 aromatic rings. The molecule has 2 aromatic carbocycles. The van der Waals surface area contributed by atoms with Gasteiger partial charge in [0, 0.05) is 55.0 Å². The fourth-order valence-electron chi connectivity index (χ4n) is 8.65. The predicted octanol–water partition coefficient (Wildman–Crippen LogP) is 6.51. The van der Waals surface area contributed by atoms with Gasteiger partial charge in [-0.25, -0.2) is 18.2 Å². The third-order valence-electron chi connectivity index (χ3n) is 11.1. The maximum Gasteiger partial charge on any atom is 0.319 e. The number of aromatic nitrogens is 3. The van der Waals surface area contributed by atoms with Gasteiger partial charge in [0.1, 0.15) is 35.6 Å². The Hall–Kier alpha value is -3.94. The van der Waals surface area contributed by atoms with Gasteiger partial charge >= 0.3 is 6.01 Å². The Kier molecular flexibility index (Phi) is 7.53. The van der Waals surface area contributed by atoms with Crippen LogP contribution in [0.2, 0.25) is 0 Å². The molecular formula is C37H39F3N6O. The molecule has 0 radical (unpaired) electrons. The van der Waals surface area contributed by atoms with Crippen LogP contribution in [-0.2, 0) is 0 Å². The van der Waals surface area contributed by atoms with Gasteiger partial charge in [0.25, 0.3) is 0 Å². The van der Waals surface area contributed by atoms with Crippen molar-refractivity contribution in [2.24, 2.45) is 0 Å². The summed E-state index contributed by atoms with van der Waals surface area (Å²) in [6.07, 6.45) is 9.66. The molecule has 244 valence electrons. The minimum Gasteiger partial charge on any atom is -0.461 e. The van der Waals surface area contributed by atoms with E-state index in [4.69, 9.17) is 26.1 Å². The van der Waals surface area contributed by atoms with E-state index in [0.29, 0.717) is 47.1 Å². The van der Waals surface area contributed by atoms with E-state index in [9.17, 15) is 4.39 Å². The van der Waals surface area contributed by atoms with Crippen molar-refractivity contribution in [1.82, 2.24) is 25.2 Å². The number of pyridine rings is 1. The van der Waals surface area contributed by atoms with Crippen LogP contribution in [0.15, 0.2) is 30.3 Å². The highest BCUT2D eigenvalue weighted by molar-refractivity contribution is 6.03. The number of ether oxygens (including phenoxy) is 1. The number of halogens is 3. The number of hydrogen-bond donors (Lipinski definition) is 1. The molecule has 7 nitrogen and oxygen atoms in total. The van der Waals surface area contributed by atoms with Crippen molar-refractivity contribution in [3.8, 4) is 29.6 Å². The van der Waals surface area contributed by atoms with Crippen LogP contribution < -0.4 is 15.0 Å². The summed E-state index contributed by atoms with van der Waals surface area (Å²) in [5, 5.41) is 5.42. The summed E-state index contributed by atoms with van der Waals surface area (Å²) in [6.45, 7) is 7.23. The highest BCUT2D eigenvalue weighted by atomic mass is 19.1. The van der Waals surface area contributed by atoms with Gasteiger partial charge in [0.15, 0.2) is 5.82 Å². The Balaban J connectivity index is 1.35. The number of anilines is 1. The van der Waals surface area contributed by atoms with Crippen LogP contribution in [-0.4, -0.2) is 76.4 Å². The van der Waals surface area contributed by atoms with Crippen molar-refractivity contribution in [1.29, 1.82) is 0 Å². The summed E-state index contributed by atoms with van der Waals surface area (Å²) in [6, 6.07) is 8.80. The number of rotatable bonds is 6. The molecular weight excluding hydrogens is 601 g/mol. The Bertz CT molecular complexity index is 1930. The lowest BCUT2D eigenvalue weighted by Gasteiger charge is -2.41. The first-order valence-corrected chi connectivity index (χ1v) is 16.9. The minimum absolute atomic E-state index is 0.00525. The average Bonchev–Trinajstić information content (AvgIpc) is 3.57. The molecule has 0 saturated carbocycles. The molecule has 2 aromatic heterocycles. The number of nitrogens with zero attached hydrogens (tertiary/aromatic N) is 5. The molecule has 5 atom stereocenters. The van der Waals surface area contributed by atoms with E-state index in [1.165, 1.54) is 6.07 Å². The zero-order valence-electron chi connectivity index (χ0n) is 26.8. The van der Waals surface area contributed by atoms with Gasteiger partial charge in [-0.2, -0.15) is 9.97 Å². The zero-order valence-corrected chi connectivity index (χ0v) is 26.8. The molecule has 0 spiro atoms. The largest absolute Gasteiger partial charge is 0.461 e. The monoisotopic (exact) mass is 640 g/mol. The molecule has 0 bridgehead atoms. The Morgan fingerprint density at radius 2 is 1.96 bits per heavy atom. The second kappa shape index (κ2) is 11.6. The van der Waals surface area contributed by atoms with E-state index in [1.54, 1.807) is 18.2 Å². The van der Waals surface area contributed by atoms with Crippen molar-refractivity contribution in [2.75, 3.05) is 37.7 Å². The molecule has 4 aliphatic rings. The molecule has 3 fully saturated rings. The van der Waals surface area contributed by atoms with Crippen molar-refractivity contribution >= 4 is 27.5 Å². The van der Waals surface area contributed by atoms with Crippen molar-refractivity contribution in [3.05, 3.63) is 53.2 Å². The maximum atomic E-state index is 17.2. The number of hydrogen-bond acceptors (Lipinski definition) is 7. The van der Waals surface area contributed by atoms with Crippen LogP contribution in [0.4, 0.5) is 19.0 Å². The van der Waals surface area contributed by atoms with Gasteiger partial charge in [-0.15, -0.1) is 6.42 Å². The van der Waals surface area contributed by atoms with Gasteiger partial charge in [-0.05, 0) is 50.1 Å². The normalized spacial score (nSPS) is 27.1. The third-order valence-corrected chi connectivity index (χ3v) is 11.1. The van der Waals surface area contributed by atoms with Crippen LogP contribution in [0, 0.1) is 24.0 Å². The van der Waals surface area contributed by atoms with E-state index in [2.05, 4.69) is 34.9 Å². The van der Waals surface area contributed by atoms with Gasteiger partial charge < -0.3 is 15.0 Å². The molecule has 6 heterocycles. The second-order valence-corrected chi connectivity index (χ2v) is 13.7. The summed E-state index contributed by atoms with van der Waals surface area (Å²) in [5.41, 5.74) is 1.02. The first-order chi connectivity index (χ1) is 22.8. The van der Waals surface area contributed by atoms with Crippen LogP contribution in [0.3, 0.4) is 0 Å². The van der Waals surface area contributed by atoms with Gasteiger partial charge in [-0.3, -0.25) is 4.90 Å². The van der Waals surface area contributed by atoms with E-state index in [1.807, 2.05) is 6.07 Å². The molecule has 10 heteroatoms. The smallest absolute Gasteiger partial charge is 0.319 e. The third kappa shape index (κ3) is 4.84. The highest BCUT2D eigenvalue weighted by Gasteiger charge is 2.49. The summed E-state index contributed by atoms with van der Waals surface area (Å²) >= 11 is 0. The molecule has 4 aliphatic heterocycles. The van der Waals surface area contributed by atoms with E-state index in [0.717, 1.165) is 50.9 Å². The van der Waals surface area contributed by atoms with Crippen LogP contribution in [0.1, 0.15) is 69.5 Å². The van der Waals surface area contributed by atoms with Crippen molar-refractivity contribution in [2.45, 2.75) is 82.1 Å². The Labute approximate surface area is 272 Å². The van der Waals surface area contributed by atoms with Crippen LogP contribution in [0.25, 0.3) is 32.9 Å². The maximum absolute atomic E-state index is 17.2. The van der Waals surface area contributed by atoms with E-state index < -0.39 is 23.3 Å². The van der Waals surface area contributed by atoms with Gasteiger partial charge in [0.05, 0.1) is 22.2 Å². The summed E-state index contributed by atoms with van der Waals surface area (Å²) < 4.78 is 53.2. The number of alkyl halides is 1. The fraction of sp³-hybridized carbons (Fsp3) is 0.486. The van der Waals surface area contributed by atoms with Crippen molar-refractivity contribution in [3.63, 3.8) is 0 Å². The Morgan fingerprint density at radius 1 is 1.09 bits per heavy atom. The zero-order chi connectivity index (χ0) is 32.4.